The normalized spacial score (nSPS) is 13.5. The van der Waals surface area contributed by atoms with E-state index >= 15 is 0 Å². The molecule has 3 aromatic carbocycles. The van der Waals surface area contributed by atoms with Crippen molar-refractivity contribution in [1.29, 1.82) is 0 Å². The van der Waals surface area contributed by atoms with Gasteiger partial charge in [-0.1, -0.05) is 60.7 Å². The van der Waals surface area contributed by atoms with E-state index in [9.17, 15) is 30.1 Å². The molecule has 0 bridgehead atoms. The van der Waals surface area contributed by atoms with Crippen molar-refractivity contribution in [1.82, 2.24) is 0 Å². The molecule has 3 rings (SSSR count). The highest BCUT2D eigenvalue weighted by Gasteiger charge is 2.52. The summed E-state index contributed by atoms with van der Waals surface area (Å²) in [6.07, 6.45) is -1.93. The number of hydrogen-bond donors (Lipinski definition) is 1. The molecule has 0 radical (unpaired) electrons. The lowest BCUT2D eigenvalue weighted by atomic mass is 9.83. The molecule has 0 aliphatic heterocycles. The number of carbonyl (C=O) groups excluding carboxylic acids is 1. The summed E-state index contributed by atoms with van der Waals surface area (Å²) < 4.78 is 11.0. The van der Waals surface area contributed by atoms with E-state index in [1.54, 1.807) is 48.5 Å². The number of nitro groups is 2. The van der Waals surface area contributed by atoms with E-state index in [0.717, 1.165) is 25.3 Å². The summed E-state index contributed by atoms with van der Waals surface area (Å²) in [6.45, 7) is -0.136. The Morgan fingerprint density at radius 1 is 0.970 bits per heavy atom. The lowest BCUT2D eigenvalue weighted by Crippen LogP contribution is -2.45. The third kappa shape index (κ3) is 4.71. The summed E-state index contributed by atoms with van der Waals surface area (Å²) in [5.74, 6) is -0.996. The minimum atomic E-state index is -2.20. The number of esters is 1. The molecule has 0 saturated heterocycles. The van der Waals surface area contributed by atoms with Gasteiger partial charge in [0.15, 0.2) is 0 Å². The molecule has 0 aliphatic rings. The van der Waals surface area contributed by atoms with Crippen LogP contribution in [0.3, 0.4) is 0 Å². The summed E-state index contributed by atoms with van der Waals surface area (Å²) in [7, 11) is 1.10. The Labute approximate surface area is 188 Å². The third-order valence-electron chi connectivity index (χ3n) is 5.10. The molecule has 0 heterocycles. The number of methoxy groups -OCH3 is 1. The van der Waals surface area contributed by atoms with Gasteiger partial charge in [-0.25, -0.2) is 4.79 Å². The van der Waals surface area contributed by atoms with Crippen molar-refractivity contribution in [3.63, 3.8) is 0 Å². The molecule has 0 saturated carbocycles. The van der Waals surface area contributed by atoms with Crippen molar-refractivity contribution in [3.8, 4) is 0 Å². The molecule has 1 N–H and O–H groups in total. The number of non-ortho nitro benzene ring substituents is 1. The molecule has 0 aliphatic carbocycles. The van der Waals surface area contributed by atoms with Gasteiger partial charge in [-0.2, -0.15) is 0 Å². The molecule has 0 aromatic heterocycles. The van der Waals surface area contributed by atoms with Gasteiger partial charge in [0, 0.05) is 6.07 Å². The van der Waals surface area contributed by atoms with Crippen molar-refractivity contribution in [3.05, 3.63) is 116 Å². The van der Waals surface area contributed by atoms with Gasteiger partial charge in [-0.05, 0) is 17.2 Å². The summed E-state index contributed by atoms with van der Waals surface area (Å²) in [6, 6.07) is 19.5. The standard InChI is InChI=1S/C23H20N2O8/c1-32-22(27)23(17-10-6-3-7-11-17,33-15-16-8-4-2-5-9-16)21(26)19-13-12-18(24(28)29)14-20(19)25(30)31/h2-14,21,26H,15H2,1H3/t21-,23-/m0/s1. The van der Waals surface area contributed by atoms with Gasteiger partial charge < -0.3 is 14.6 Å². The van der Waals surface area contributed by atoms with Crippen molar-refractivity contribution in [2.75, 3.05) is 7.11 Å². The molecule has 33 heavy (non-hydrogen) atoms. The van der Waals surface area contributed by atoms with E-state index < -0.39 is 38.9 Å². The average Bonchev–Trinajstić information content (AvgIpc) is 2.84. The first-order valence-electron chi connectivity index (χ1n) is 9.74. The smallest absolute Gasteiger partial charge is 0.346 e. The zero-order valence-electron chi connectivity index (χ0n) is 17.5. The first-order chi connectivity index (χ1) is 15.8. The number of nitrogens with zero attached hydrogens (tertiary/aromatic N) is 2. The Hall–Kier alpha value is -4.15. The van der Waals surface area contributed by atoms with Crippen LogP contribution in [0.4, 0.5) is 11.4 Å². The van der Waals surface area contributed by atoms with Crippen LogP contribution in [0.2, 0.25) is 0 Å². The van der Waals surface area contributed by atoms with Gasteiger partial charge in [-0.15, -0.1) is 0 Å². The second-order valence-electron chi connectivity index (χ2n) is 7.03. The third-order valence-corrected chi connectivity index (χ3v) is 5.10. The number of aliphatic hydroxyl groups excluding tert-OH is 1. The fourth-order valence-electron chi connectivity index (χ4n) is 3.47. The fourth-order valence-corrected chi connectivity index (χ4v) is 3.47. The highest BCUT2D eigenvalue weighted by molar-refractivity contribution is 5.83. The quantitative estimate of drug-likeness (QED) is 0.293. The molecule has 0 spiro atoms. The van der Waals surface area contributed by atoms with E-state index in [1.165, 1.54) is 12.1 Å². The highest BCUT2D eigenvalue weighted by Crippen LogP contribution is 2.44. The van der Waals surface area contributed by atoms with Gasteiger partial charge in [0.25, 0.3) is 11.4 Å². The summed E-state index contributed by atoms with van der Waals surface area (Å²) >= 11 is 0. The molecule has 0 fully saturated rings. The Morgan fingerprint density at radius 2 is 1.58 bits per heavy atom. The van der Waals surface area contributed by atoms with Crippen LogP contribution in [-0.4, -0.2) is 28.0 Å². The zero-order chi connectivity index (χ0) is 24.0. The van der Waals surface area contributed by atoms with Gasteiger partial charge >= 0.3 is 5.97 Å². The van der Waals surface area contributed by atoms with E-state index in [4.69, 9.17) is 9.47 Å². The topological polar surface area (TPSA) is 142 Å². The maximum atomic E-state index is 13.1. The van der Waals surface area contributed by atoms with Crippen molar-refractivity contribution in [2.24, 2.45) is 0 Å². The molecule has 3 aromatic rings. The monoisotopic (exact) mass is 452 g/mol. The predicted molar refractivity (Wildman–Crippen MR) is 116 cm³/mol. The lowest BCUT2D eigenvalue weighted by Gasteiger charge is -2.35. The Kier molecular flexibility index (Phi) is 7.11. The van der Waals surface area contributed by atoms with E-state index in [-0.39, 0.29) is 17.7 Å². The number of aliphatic hydroxyl groups is 1. The van der Waals surface area contributed by atoms with Crippen LogP contribution in [0, 0.1) is 20.2 Å². The predicted octanol–water partition coefficient (Wildman–Crippen LogP) is 3.82. The molecule has 0 amide bonds. The summed E-state index contributed by atoms with van der Waals surface area (Å²) in [5.41, 5.74) is -2.95. The van der Waals surface area contributed by atoms with E-state index in [2.05, 4.69) is 0 Å². The number of nitro benzene ring substituents is 2. The van der Waals surface area contributed by atoms with Crippen LogP contribution >= 0.6 is 0 Å². The summed E-state index contributed by atoms with van der Waals surface area (Å²) in [5, 5.41) is 34.2. The van der Waals surface area contributed by atoms with Gasteiger partial charge in [0.2, 0.25) is 5.60 Å². The van der Waals surface area contributed by atoms with Gasteiger partial charge in [-0.3, -0.25) is 20.2 Å². The van der Waals surface area contributed by atoms with E-state index in [0.29, 0.717) is 5.56 Å². The first-order valence-corrected chi connectivity index (χ1v) is 9.74. The van der Waals surface area contributed by atoms with Crippen LogP contribution in [0.25, 0.3) is 0 Å². The second-order valence-corrected chi connectivity index (χ2v) is 7.03. The van der Waals surface area contributed by atoms with Crippen LogP contribution in [-0.2, 0) is 26.5 Å². The second kappa shape index (κ2) is 9.98. The highest BCUT2D eigenvalue weighted by atomic mass is 16.6. The van der Waals surface area contributed by atoms with Crippen LogP contribution in [0.1, 0.15) is 22.8 Å². The lowest BCUT2D eigenvalue weighted by molar-refractivity contribution is -0.395. The van der Waals surface area contributed by atoms with Crippen molar-refractivity contribution >= 4 is 17.3 Å². The summed E-state index contributed by atoms with van der Waals surface area (Å²) in [4.78, 5) is 34.3. The van der Waals surface area contributed by atoms with Crippen molar-refractivity contribution in [2.45, 2.75) is 18.3 Å². The Bertz CT molecular complexity index is 1150. The Morgan fingerprint density at radius 3 is 2.12 bits per heavy atom. The van der Waals surface area contributed by atoms with Crippen LogP contribution in [0.5, 0.6) is 0 Å². The minimum absolute atomic E-state index is 0.136. The maximum absolute atomic E-state index is 13.1. The number of hydrogen-bond acceptors (Lipinski definition) is 8. The van der Waals surface area contributed by atoms with Crippen LogP contribution < -0.4 is 0 Å². The largest absolute Gasteiger partial charge is 0.467 e. The minimum Gasteiger partial charge on any atom is -0.467 e. The number of benzene rings is 3. The first kappa shape index (κ1) is 23.5. The molecule has 0 unspecified atom stereocenters. The zero-order valence-corrected chi connectivity index (χ0v) is 17.5. The van der Waals surface area contributed by atoms with Crippen molar-refractivity contribution < 1.29 is 29.2 Å². The average molecular weight is 452 g/mol. The molecular formula is C23H20N2O8. The molecule has 10 nitrogen and oxygen atoms in total. The molecule has 170 valence electrons. The molecular weight excluding hydrogens is 432 g/mol. The van der Waals surface area contributed by atoms with E-state index in [1.807, 2.05) is 0 Å². The molecule has 2 atom stereocenters. The Balaban J connectivity index is 2.20. The number of rotatable bonds is 9. The number of ether oxygens (including phenoxy) is 2. The fraction of sp³-hybridized carbons (Fsp3) is 0.174. The van der Waals surface area contributed by atoms with Gasteiger partial charge in [0.1, 0.15) is 6.10 Å². The van der Waals surface area contributed by atoms with Crippen LogP contribution in [0.15, 0.2) is 78.9 Å². The maximum Gasteiger partial charge on any atom is 0.346 e. The molecule has 10 heteroatoms. The van der Waals surface area contributed by atoms with Gasteiger partial charge in [0.05, 0.1) is 35.2 Å². The SMILES string of the molecule is COC(=O)[C@](OCc1ccccc1)(c1ccccc1)[C@@H](O)c1ccc([N+](=O)[O-])cc1[N+](=O)[O-]. The number of carbonyl (C=O) groups is 1.